The topological polar surface area (TPSA) is 108 Å². The molecule has 0 spiro atoms. The van der Waals surface area contributed by atoms with Gasteiger partial charge in [0.15, 0.2) is 0 Å². The summed E-state index contributed by atoms with van der Waals surface area (Å²) in [7, 11) is 5.45. The van der Waals surface area contributed by atoms with Crippen LogP contribution in [0.3, 0.4) is 0 Å². The second kappa shape index (κ2) is 8.64. The number of likely N-dealkylation sites (N-methyl/N-ethyl adjacent to an activating group) is 1. The Balaban J connectivity index is 1.48. The number of nitrogens with one attached hydrogen (secondary N) is 1. The van der Waals surface area contributed by atoms with E-state index in [-0.39, 0.29) is 17.5 Å². The molecule has 3 heterocycles. The van der Waals surface area contributed by atoms with Gasteiger partial charge >= 0.3 is 5.69 Å². The molecule has 174 valence electrons. The van der Waals surface area contributed by atoms with Crippen molar-refractivity contribution in [2.24, 2.45) is 7.05 Å². The molecule has 0 amide bonds. The number of ether oxygens (including phenoxy) is 2. The highest BCUT2D eigenvalue weighted by Gasteiger charge is 2.29. The fourth-order valence-corrected chi connectivity index (χ4v) is 4.18. The molecule has 2 aromatic heterocycles. The Morgan fingerprint density at radius 2 is 1.94 bits per heavy atom. The molecule has 34 heavy (non-hydrogen) atoms. The Hall–Kier alpha value is -4.18. The van der Waals surface area contributed by atoms with E-state index >= 15 is 0 Å². The molecule has 0 bridgehead atoms. The van der Waals surface area contributed by atoms with Gasteiger partial charge in [-0.05, 0) is 19.2 Å². The maximum Gasteiger partial charge on any atom is 0.313 e. The van der Waals surface area contributed by atoms with Crippen LogP contribution in [0.15, 0.2) is 54.9 Å². The number of methoxy groups -OCH3 is 1. The number of para-hydroxylation sites is 1. The second-order valence-electron chi connectivity index (χ2n) is 8.30. The number of aryl methyl sites for hydroxylation is 1. The Morgan fingerprint density at radius 1 is 1.15 bits per heavy atom. The van der Waals surface area contributed by atoms with Gasteiger partial charge in [0.1, 0.15) is 11.9 Å². The number of nitro benzene ring substituents is 1. The van der Waals surface area contributed by atoms with Gasteiger partial charge in [0.2, 0.25) is 11.7 Å². The lowest BCUT2D eigenvalue weighted by atomic mass is 10.1. The van der Waals surface area contributed by atoms with Gasteiger partial charge in [0.25, 0.3) is 0 Å². The monoisotopic (exact) mass is 460 g/mol. The molecule has 1 N–H and O–H groups in total. The van der Waals surface area contributed by atoms with Crippen molar-refractivity contribution < 1.29 is 14.4 Å². The van der Waals surface area contributed by atoms with Gasteiger partial charge in [0.05, 0.1) is 23.4 Å². The first-order valence-electron chi connectivity index (χ1n) is 10.8. The largest absolute Gasteiger partial charge is 0.494 e. The van der Waals surface area contributed by atoms with Crippen LogP contribution in [-0.4, -0.2) is 57.7 Å². The summed E-state index contributed by atoms with van der Waals surface area (Å²) in [5.41, 5.74) is 3.02. The fraction of sp³-hybridized carbons (Fsp3) is 0.250. The molecule has 4 aromatic rings. The molecule has 0 radical (unpaired) electrons. The molecular weight excluding hydrogens is 436 g/mol. The van der Waals surface area contributed by atoms with E-state index < -0.39 is 4.92 Å². The first-order chi connectivity index (χ1) is 16.4. The third-order valence-corrected chi connectivity index (χ3v) is 5.88. The van der Waals surface area contributed by atoms with Crippen molar-refractivity contribution in [3.8, 4) is 22.8 Å². The minimum Gasteiger partial charge on any atom is -0.494 e. The molecule has 1 aliphatic heterocycles. The Bertz CT molecular complexity index is 1380. The van der Waals surface area contributed by atoms with Crippen LogP contribution in [0, 0.1) is 10.1 Å². The Morgan fingerprint density at radius 3 is 2.68 bits per heavy atom. The van der Waals surface area contributed by atoms with Crippen LogP contribution in [0.5, 0.6) is 11.5 Å². The lowest BCUT2D eigenvalue weighted by molar-refractivity contribution is -0.386. The van der Waals surface area contributed by atoms with Crippen LogP contribution >= 0.6 is 0 Å². The Kier molecular flexibility index (Phi) is 5.50. The molecule has 1 fully saturated rings. The average Bonchev–Trinajstić information content (AvgIpc) is 3.15. The summed E-state index contributed by atoms with van der Waals surface area (Å²) in [6.45, 7) is 1.43. The second-order valence-corrected chi connectivity index (χ2v) is 8.30. The van der Waals surface area contributed by atoms with E-state index in [0.29, 0.717) is 30.5 Å². The molecule has 10 heteroatoms. The highest BCUT2D eigenvalue weighted by molar-refractivity contribution is 5.95. The van der Waals surface area contributed by atoms with Gasteiger partial charge in [-0.3, -0.25) is 15.0 Å². The molecule has 0 atom stereocenters. The number of likely N-dealkylation sites (tertiary alicyclic amines) is 1. The number of fused-ring (bicyclic) bond motifs is 1. The zero-order chi connectivity index (χ0) is 23.8. The number of hydrogen-bond acceptors (Lipinski definition) is 8. The maximum absolute atomic E-state index is 11.8. The smallest absolute Gasteiger partial charge is 0.313 e. The van der Waals surface area contributed by atoms with E-state index in [0.717, 1.165) is 22.2 Å². The predicted octanol–water partition coefficient (Wildman–Crippen LogP) is 3.99. The van der Waals surface area contributed by atoms with Gasteiger partial charge < -0.3 is 19.4 Å². The summed E-state index contributed by atoms with van der Waals surface area (Å²) in [4.78, 5) is 22.3. The zero-order valence-corrected chi connectivity index (χ0v) is 19.1. The summed E-state index contributed by atoms with van der Waals surface area (Å²) in [6, 6.07) is 12.8. The molecule has 1 aliphatic rings. The summed E-state index contributed by atoms with van der Waals surface area (Å²) >= 11 is 0. The van der Waals surface area contributed by atoms with Crippen molar-refractivity contribution in [3.05, 3.63) is 65.0 Å². The SMILES string of the molecule is COc1cc(OC2CN(C)C2)c([N+](=O)[O-])cc1Nc1nccc(-c2cn(C)c3ccccc23)n1. The van der Waals surface area contributed by atoms with E-state index in [9.17, 15) is 10.1 Å². The standard InChI is InChI=1S/C24H24N6O4/c1-28-12-15(13-28)34-23-11-22(33-3)19(10-21(23)30(31)32)27-24-25-9-8-18(26-24)17-14-29(2)20-7-5-4-6-16(17)20/h4-11,14-15H,12-13H2,1-3H3,(H,25,26,27). The number of hydrogen-bond donors (Lipinski definition) is 1. The normalized spacial score (nSPS) is 14.1. The van der Waals surface area contributed by atoms with Gasteiger partial charge in [-0.15, -0.1) is 0 Å². The molecule has 0 unspecified atom stereocenters. The molecule has 5 rings (SSSR count). The van der Waals surface area contributed by atoms with Crippen molar-refractivity contribution in [2.45, 2.75) is 6.10 Å². The zero-order valence-electron chi connectivity index (χ0n) is 19.1. The van der Waals surface area contributed by atoms with Crippen molar-refractivity contribution in [2.75, 3.05) is 32.6 Å². The van der Waals surface area contributed by atoms with Crippen molar-refractivity contribution in [1.82, 2.24) is 19.4 Å². The summed E-state index contributed by atoms with van der Waals surface area (Å²) in [5.74, 6) is 0.871. The number of nitro groups is 1. The first-order valence-corrected chi connectivity index (χ1v) is 10.8. The average molecular weight is 460 g/mol. The van der Waals surface area contributed by atoms with Crippen LogP contribution < -0.4 is 14.8 Å². The lowest BCUT2D eigenvalue weighted by Crippen LogP contribution is -2.51. The molecule has 0 aliphatic carbocycles. The number of nitrogens with zero attached hydrogens (tertiary/aromatic N) is 5. The molecule has 0 saturated carbocycles. The highest BCUT2D eigenvalue weighted by atomic mass is 16.6. The first kappa shape index (κ1) is 21.7. The maximum atomic E-state index is 11.8. The highest BCUT2D eigenvalue weighted by Crippen LogP contribution is 2.40. The van der Waals surface area contributed by atoms with E-state index in [1.165, 1.54) is 19.2 Å². The third-order valence-electron chi connectivity index (χ3n) is 5.88. The van der Waals surface area contributed by atoms with Crippen LogP contribution in [0.25, 0.3) is 22.2 Å². The van der Waals surface area contributed by atoms with Gasteiger partial charge in [-0.1, -0.05) is 18.2 Å². The number of anilines is 2. The van der Waals surface area contributed by atoms with Gasteiger partial charge in [-0.2, -0.15) is 0 Å². The van der Waals surface area contributed by atoms with Crippen LogP contribution in [0.1, 0.15) is 0 Å². The molecule has 10 nitrogen and oxygen atoms in total. The number of benzene rings is 2. The van der Waals surface area contributed by atoms with Crippen LogP contribution in [-0.2, 0) is 7.05 Å². The lowest BCUT2D eigenvalue weighted by Gasteiger charge is -2.35. The van der Waals surface area contributed by atoms with Gasteiger partial charge in [0, 0.05) is 61.1 Å². The number of aromatic nitrogens is 3. The fourth-order valence-electron chi connectivity index (χ4n) is 4.18. The van der Waals surface area contributed by atoms with E-state index in [2.05, 4.69) is 26.3 Å². The summed E-state index contributed by atoms with van der Waals surface area (Å²) < 4.78 is 13.4. The number of rotatable bonds is 7. The molecular formula is C24H24N6O4. The minimum absolute atomic E-state index is 0.0899. The van der Waals surface area contributed by atoms with Crippen LogP contribution in [0.2, 0.25) is 0 Å². The minimum atomic E-state index is -0.463. The van der Waals surface area contributed by atoms with E-state index in [4.69, 9.17) is 9.47 Å². The van der Waals surface area contributed by atoms with Gasteiger partial charge in [-0.25, -0.2) is 9.97 Å². The van der Waals surface area contributed by atoms with Crippen molar-refractivity contribution >= 4 is 28.2 Å². The quantitative estimate of drug-likeness (QED) is 0.326. The summed E-state index contributed by atoms with van der Waals surface area (Å²) in [6.07, 6.45) is 3.58. The Labute approximate surface area is 195 Å². The van der Waals surface area contributed by atoms with E-state index in [1.807, 2.05) is 49.1 Å². The predicted molar refractivity (Wildman–Crippen MR) is 129 cm³/mol. The summed E-state index contributed by atoms with van der Waals surface area (Å²) in [5, 5.41) is 15.9. The van der Waals surface area contributed by atoms with E-state index in [1.54, 1.807) is 6.20 Å². The van der Waals surface area contributed by atoms with Crippen molar-refractivity contribution in [1.29, 1.82) is 0 Å². The van der Waals surface area contributed by atoms with Crippen molar-refractivity contribution in [3.63, 3.8) is 0 Å². The third kappa shape index (κ3) is 3.99. The molecule has 2 aromatic carbocycles. The molecule has 1 saturated heterocycles. The van der Waals surface area contributed by atoms with Crippen LogP contribution in [0.4, 0.5) is 17.3 Å².